The van der Waals surface area contributed by atoms with Crippen LogP contribution in [0.15, 0.2) is 47.4 Å². The largest absolute Gasteiger partial charge is 0.449 e. The van der Waals surface area contributed by atoms with Gasteiger partial charge in [0.25, 0.3) is 5.91 Å². The second-order valence-electron chi connectivity index (χ2n) is 7.45. The molecule has 0 radical (unpaired) electrons. The van der Waals surface area contributed by atoms with E-state index in [-0.39, 0.29) is 47.7 Å². The summed E-state index contributed by atoms with van der Waals surface area (Å²) in [6, 6.07) is 10.1. The van der Waals surface area contributed by atoms with Crippen molar-refractivity contribution in [2.45, 2.75) is 24.8 Å². The molecule has 1 atom stereocenters. The van der Waals surface area contributed by atoms with Crippen LogP contribution in [0.1, 0.15) is 24.2 Å². The average Bonchev–Trinajstić information content (AvgIpc) is 2.80. The van der Waals surface area contributed by atoms with Gasteiger partial charge in [-0.1, -0.05) is 11.6 Å². The maximum atomic E-state index is 12.9. The van der Waals surface area contributed by atoms with Crippen LogP contribution in [0.25, 0.3) is 0 Å². The molecule has 2 aromatic carbocycles. The molecule has 1 aliphatic heterocycles. The predicted octanol–water partition coefficient (Wildman–Crippen LogP) is 2.50. The summed E-state index contributed by atoms with van der Waals surface area (Å²) < 4.78 is 37.4. The number of halogens is 1. The number of nitrogens with zero attached hydrogens (tertiary/aromatic N) is 1. The van der Waals surface area contributed by atoms with Crippen LogP contribution in [0.5, 0.6) is 0 Å². The number of anilines is 2. The Labute approximate surface area is 202 Å². The number of hydrogen-bond donors (Lipinski definition) is 2. The van der Waals surface area contributed by atoms with Crippen molar-refractivity contribution in [1.29, 1.82) is 0 Å². The summed E-state index contributed by atoms with van der Waals surface area (Å²) in [5.74, 6) is -1.76. The van der Waals surface area contributed by atoms with Crippen LogP contribution in [0.4, 0.5) is 11.4 Å². The molecular formula is C22H24ClN3O7S. The van der Waals surface area contributed by atoms with E-state index in [0.29, 0.717) is 11.4 Å². The van der Waals surface area contributed by atoms with Gasteiger partial charge in [0.15, 0.2) is 6.10 Å². The number of sulfonamides is 1. The van der Waals surface area contributed by atoms with Crippen LogP contribution in [-0.4, -0.2) is 62.9 Å². The molecule has 1 saturated heterocycles. The minimum atomic E-state index is -3.85. The Morgan fingerprint density at radius 1 is 1.03 bits per heavy atom. The molecule has 2 amide bonds. The third kappa shape index (κ3) is 6.32. The SMILES string of the molecule is CC(=O)Nc1ccc(NC(=O)[C@H](C)OC(=O)c2cc(S(=O)(=O)N3CCOCC3)ccc2Cl)cc1. The van der Waals surface area contributed by atoms with Crippen molar-refractivity contribution in [3.8, 4) is 0 Å². The van der Waals surface area contributed by atoms with E-state index in [4.69, 9.17) is 21.1 Å². The molecule has 0 aromatic heterocycles. The van der Waals surface area contributed by atoms with Gasteiger partial charge in [-0.2, -0.15) is 4.31 Å². The first-order chi connectivity index (χ1) is 16.1. The minimum absolute atomic E-state index is 0.00732. The number of carbonyl (C=O) groups excluding carboxylic acids is 3. The first-order valence-electron chi connectivity index (χ1n) is 10.3. The van der Waals surface area contributed by atoms with Gasteiger partial charge in [0.05, 0.1) is 28.7 Å². The number of ether oxygens (including phenoxy) is 2. The second kappa shape index (κ2) is 11.0. The predicted molar refractivity (Wildman–Crippen MR) is 125 cm³/mol. The molecule has 0 bridgehead atoms. The molecule has 1 heterocycles. The molecule has 182 valence electrons. The summed E-state index contributed by atoms with van der Waals surface area (Å²) >= 11 is 6.11. The fraction of sp³-hybridized carbons (Fsp3) is 0.318. The van der Waals surface area contributed by atoms with Crippen LogP contribution in [0.3, 0.4) is 0 Å². The van der Waals surface area contributed by atoms with Crippen molar-refractivity contribution >= 4 is 50.8 Å². The number of rotatable bonds is 7. The number of carbonyl (C=O) groups is 3. The summed E-state index contributed by atoms with van der Waals surface area (Å²) in [6.45, 7) is 3.73. The van der Waals surface area contributed by atoms with E-state index in [2.05, 4.69) is 10.6 Å². The van der Waals surface area contributed by atoms with Crippen molar-refractivity contribution in [3.63, 3.8) is 0 Å². The third-order valence-electron chi connectivity index (χ3n) is 4.89. The summed E-state index contributed by atoms with van der Waals surface area (Å²) in [7, 11) is -3.85. The first-order valence-corrected chi connectivity index (χ1v) is 12.2. The van der Waals surface area contributed by atoms with Crippen LogP contribution in [0.2, 0.25) is 5.02 Å². The Hall–Kier alpha value is -2.99. The maximum absolute atomic E-state index is 12.9. The standard InChI is InChI=1S/C22H24ClN3O7S/c1-14(21(28)25-17-5-3-16(4-6-17)24-15(2)27)33-22(29)19-13-18(7-8-20(19)23)34(30,31)26-9-11-32-12-10-26/h3-8,13-14H,9-12H2,1-2H3,(H,24,27)(H,25,28)/t14-/m0/s1. The lowest BCUT2D eigenvalue weighted by molar-refractivity contribution is -0.123. The number of benzene rings is 2. The number of hydrogen-bond acceptors (Lipinski definition) is 7. The van der Waals surface area contributed by atoms with Gasteiger partial charge in [-0.05, 0) is 49.4 Å². The highest BCUT2D eigenvalue weighted by molar-refractivity contribution is 7.89. The lowest BCUT2D eigenvalue weighted by Gasteiger charge is -2.26. The van der Waals surface area contributed by atoms with E-state index in [1.165, 1.54) is 30.3 Å². The molecule has 2 N–H and O–H groups in total. The van der Waals surface area contributed by atoms with Gasteiger partial charge in [-0.3, -0.25) is 9.59 Å². The zero-order valence-electron chi connectivity index (χ0n) is 18.5. The molecule has 2 aromatic rings. The van der Waals surface area contributed by atoms with Gasteiger partial charge < -0.3 is 20.1 Å². The number of esters is 1. The Kier molecular flexibility index (Phi) is 8.26. The highest BCUT2D eigenvalue weighted by Crippen LogP contribution is 2.25. The monoisotopic (exact) mass is 509 g/mol. The topological polar surface area (TPSA) is 131 Å². The minimum Gasteiger partial charge on any atom is -0.449 e. The molecule has 0 saturated carbocycles. The summed E-state index contributed by atoms with van der Waals surface area (Å²) in [6.07, 6.45) is -1.20. The van der Waals surface area contributed by atoms with Crippen molar-refractivity contribution < 1.29 is 32.3 Å². The molecule has 0 aliphatic carbocycles. The molecular weight excluding hydrogens is 486 g/mol. The molecule has 3 rings (SSSR count). The Balaban J connectivity index is 1.67. The van der Waals surface area contributed by atoms with E-state index in [9.17, 15) is 22.8 Å². The van der Waals surface area contributed by atoms with Gasteiger partial charge in [-0.25, -0.2) is 13.2 Å². The van der Waals surface area contributed by atoms with Crippen molar-refractivity contribution in [1.82, 2.24) is 4.31 Å². The van der Waals surface area contributed by atoms with Crippen molar-refractivity contribution in [2.24, 2.45) is 0 Å². The van der Waals surface area contributed by atoms with Crippen LogP contribution >= 0.6 is 11.6 Å². The molecule has 10 nitrogen and oxygen atoms in total. The highest BCUT2D eigenvalue weighted by Gasteiger charge is 2.28. The highest BCUT2D eigenvalue weighted by atomic mass is 35.5. The van der Waals surface area contributed by atoms with E-state index in [0.717, 1.165) is 6.07 Å². The molecule has 1 fully saturated rings. The zero-order chi connectivity index (χ0) is 24.9. The molecule has 1 aliphatic rings. The molecule has 34 heavy (non-hydrogen) atoms. The average molecular weight is 510 g/mol. The smallest absolute Gasteiger partial charge is 0.340 e. The quantitative estimate of drug-likeness (QED) is 0.548. The Bertz CT molecular complexity index is 1180. The Morgan fingerprint density at radius 2 is 1.62 bits per heavy atom. The van der Waals surface area contributed by atoms with Gasteiger partial charge in [0.2, 0.25) is 15.9 Å². The van der Waals surface area contributed by atoms with E-state index in [1.54, 1.807) is 24.3 Å². The van der Waals surface area contributed by atoms with Crippen molar-refractivity contribution in [2.75, 3.05) is 36.9 Å². The van der Waals surface area contributed by atoms with Crippen LogP contribution in [-0.2, 0) is 29.1 Å². The number of nitrogens with one attached hydrogen (secondary N) is 2. The normalized spacial score (nSPS) is 15.3. The van der Waals surface area contributed by atoms with Gasteiger partial charge in [0.1, 0.15) is 0 Å². The second-order valence-corrected chi connectivity index (χ2v) is 9.80. The van der Waals surface area contributed by atoms with Gasteiger partial charge in [0, 0.05) is 31.4 Å². The van der Waals surface area contributed by atoms with Gasteiger partial charge >= 0.3 is 5.97 Å². The van der Waals surface area contributed by atoms with Crippen LogP contribution in [0, 0.1) is 0 Å². The molecule has 0 spiro atoms. The first kappa shape index (κ1) is 25.6. The number of morpholine rings is 1. The summed E-state index contributed by atoms with van der Waals surface area (Å²) in [5, 5.41) is 5.20. The number of amides is 2. The van der Waals surface area contributed by atoms with E-state index >= 15 is 0 Å². The lowest BCUT2D eigenvalue weighted by Crippen LogP contribution is -2.40. The maximum Gasteiger partial charge on any atom is 0.340 e. The van der Waals surface area contributed by atoms with Gasteiger partial charge in [-0.15, -0.1) is 0 Å². The summed E-state index contributed by atoms with van der Waals surface area (Å²) in [4.78, 5) is 36.1. The van der Waals surface area contributed by atoms with E-state index < -0.39 is 28.0 Å². The third-order valence-corrected chi connectivity index (χ3v) is 7.12. The van der Waals surface area contributed by atoms with Crippen LogP contribution < -0.4 is 10.6 Å². The molecule has 0 unspecified atom stereocenters. The lowest BCUT2D eigenvalue weighted by atomic mass is 10.2. The zero-order valence-corrected chi connectivity index (χ0v) is 20.1. The summed E-state index contributed by atoms with van der Waals surface area (Å²) in [5.41, 5.74) is 0.820. The van der Waals surface area contributed by atoms with E-state index in [1.807, 2.05) is 0 Å². The van der Waals surface area contributed by atoms with Crippen molar-refractivity contribution in [3.05, 3.63) is 53.1 Å². The molecule has 12 heteroatoms. The fourth-order valence-electron chi connectivity index (χ4n) is 3.12. The Morgan fingerprint density at radius 3 is 2.21 bits per heavy atom. The fourth-order valence-corrected chi connectivity index (χ4v) is 4.75.